The van der Waals surface area contributed by atoms with E-state index in [9.17, 15) is 0 Å². The van der Waals surface area contributed by atoms with Gasteiger partial charge in [0, 0.05) is 37.7 Å². The summed E-state index contributed by atoms with van der Waals surface area (Å²) in [6.45, 7) is 3.82. The third kappa shape index (κ3) is 8.14. The standard InChI is InChI=1S/C50H46O12Si8/c1-63(44-29-13-4-14-30-44)52-64(2)54-67(47-35-19-7-20-36-47)56-65(45-31-15-5-16-32-45,51-43-27-11-3-12-28-43)57-69(49-39-23-9-24-40-49)59-66(53-63,46-33-17-6-18-34-46)58-68(55-64,48-37-21-8-22-38-48)61-70(60-67,62-69)50-41-25-10-26-42-50/h3-42H,1-2H3. The summed E-state index contributed by atoms with van der Waals surface area (Å²) < 4.78 is 96.1. The highest BCUT2D eigenvalue weighted by Crippen LogP contribution is 2.45. The summed E-state index contributed by atoms with van der Waals surface area (Å²) in [5.74, 6) is 0.464. The smallest absolute Gasteiger partial charge is 0.498 e. The molecule has 20 heteroatoms. The Morgan fingerprint density at radius 1 is 0.243 bits per heavy atom. The van der Waals surface area contributed by atoms with Crippen molar-refractivity contribution in [3.05, 3.63) is 243 Å². The normalized spacial score (nSPS) is 32.5. The van der Waals surface area contributed by atoms with Gasteiger partial charge in [-0.05, 0) is 23.9 Å². The van der Waals surface area contributed by atoms with Crippen LogP contribution in [-0.4, -0.2) is 70.2 Å². The predicted molar refractivity (Wildman–Crippen MR) is 279 cm³/mol. The minimum atomic E-state index is -4.89. The molecule has 0 spiro atoms. The molecule has 0 N–H and O–H groups in total. The largest absolute Gasteiger partial charge is 0.588 e. The first-order chi connectivity index (χ1) is 34.1. The Morgan fingerprint density at radius 3 is 0.857 bits per heavy atom. The molecule has 4 aliphatic rings. The molecule has 0 radical (unpaired) electrons. The molecule has 8 aromatic carbocycles. The molecular weight excluding hydrogens is 1020 g/mol. The van der Waals surface area contributed by atoms with E-state index >= 15 is 0 Å². The van der Waals surface area contributed by atoms with Crippen molar-refractivity contribution in [3.8, 4) is 5.75 Å². The monoisotopic (exact) mass is 1060 g/mol. The van der Waals surface area contributed by atoms with Crippen LogP contribution in [0.5, 0.6) is 5.75 Å². The minimum absolute atomic E-state index is 0.464. The summed E-state index contributed by atoms with van der Waals surface area (Å²) in [6.07, 6.45) is 0. The summed E-state index contributed by atoms with van der Waals surface area (Å²) in [4.78, 5) is 0. The van der Waals surface area contributed by atoms with E-state index in [2.05, 4.69) is 0 Å². The van der Waals surface area contributed by atoms with E-state index in [1.54, 1.807) is 0 Å². The molecule has 8 aromatic rings. The summed E-state index contributed by atoms with van der Waals surface area (Å²) in [5.41, 5.74) is 0. The Hall–Kier alpha value is -5.14. The van der Waals surface area contributed by atoms with Crippen LogP contribution in [0.1, 0.15) is 0 Å². The third-order valence-electron chi connectivity index (χ3n) is 12.3. The van der Waals surface area contributed by atoms with Crippen LogP contribution in [0.4, 0.5) is 0 Å². The Morgan fingerprint density at radius 2 is 0.500 bits per heavy atom. The van der Waals surface area contributed by atoms with Crippen LogP contribution < -0.4 is 40.7 Å². The van der Waals surface area contributed by atoms with Crippen LogP contribution in [0.25, 0.3) is 0 Å². The quantitative estimate of drug-likeness (QED) is 0.183. The van der Waals surface area contributed by atoms with Crippen molar-refractivity contribution in [2.75, 3.05) is 0 Å². The van der Waals surface area contributed by atoms with E-state index in [0.717, 1.165) is 5.19 Å². The first-order valence-corrected chi connectivity index (χ1v) is 37.8. The number of rotatable bonds is 9. The van der Waals surface area contributed by atoms with Crippen molar-refractivity contribution < 1.29 is 49.7 Å². The second-order valence-electron chi connectivity index (χ2n) is 17.2. The van der Waals surface area contributed by atoms with Crippen molar-refractivity contribution in [3.63, 3.8) is 0 Å². The fourth-order valence-corrected chi connectivity index (χ4v) is 53.0. The zero-order valence-electron chi connectivity index (χ0n) is 38.0. The van der Waals surface area contributed by atoms with Gasteiger partial charge in [-0.1, -0.05) is 231 Å². The Labute approximate surface area is 415 Å². The molecule has 8 unspecified atom stereocenters. The van der Waals surface area contributed by atoms with Gasteiger partial charge in [0.1, 0.15) is 5.75 Å². The fourth-order valence-electron chi connectivity index (χ4n) is 9.21. The molecule has 8 atom stereocenters. The lowest BCUT2D eigenvalue weighted by Crippen LogP contribution is -2.92. The van der Waals surface area contributed by atoms with Gasteiger partial charge in [0.2, 0.25) is 0 Å². The molecule has 4 fully saturated rings. The summed E-state index contributed by atoms with van der Waals surface area (Å²) in [6, 6.07) is 77.1. The average Bonchev–Trinajstić information content (AvgIpc) is 3.39. The van der Waals surface area contributed by atoms with Crippen LogP contribution in [0.2, 0.25) is 13.1 Å². The van der Waals surface area contributed by atoms with Crippen molar-refractivity contribution in [1.29, 1.82) is 0 Å². The molecule has 12 rings (SSSR count). The van der Waals surface area contributed by atoms with E-state index in [0.29, 0.717) is 36.9 Å². The van der Waals surface area contributed by atoms with Gasteiger partial charge in [-0.3, -0.25) is 0 Å². The highest BCUT2D eigenvalue weighted by atomic mass is 28.6. The molecule has 350 valence electrons. The Kier molecular flexibility index (Phi) is 11.7. The van der Waals surface area contributed by atoms with Crippen LogP contribution in [-0.2, 0) is 45.3 Å². The molecule has 0 amide bonds. The second kappa shape index (κ2) is 17.9. The van der Waals surface area contributed by atoms with Gasteiger partial charge in [0.05, 0.1) is 0 Å². The van der Waals surface area contributed by atoms with E-state index in [4.69, 9.17) is 49.7 Å². The zero-order valence-corrected chi connectivity index (χ0v) is 46.0. The lowest BCUT2D eigenvalue weighted by atomic mass is 10.3. The molecular formula is C50H46O12Si8. The molecule has 6 bridgehead atoms. The number of fused-ring (bicyclic) bond motifs is 4. The van der Waals surface area contributed by atoms with Gasteiger partial charge in [-0.25, -0.2) is 0 Å². The van der Waals surface area contributed by atoms with Gasteiger partial charge in [-0.2, -0.15) is 0 Å². The maximum atomic E-state index is 8.24. The van der Waals surface area contributed by atoms with Gasteiger partial charge < -0.3 is 49.7 Å². The molecule has 4 aliphatic heterocycles. The Balaban J connectivity index is 1.28. The average molecular weight is 1060 g/mol. The van der Waals surface area contributed by atoms with Crippen LogP contribution >= 0.6 is 0 Å². The van der Waals surface area contributed by atoms with Gasteiger partial charge in [0.25, 0.3) is 0 Å². The number of benzene rings is 8. The van der Waals surface area contributed by atoms with E-state index in [1.165, 1.54) is 0 Å². The van der Waals surface area contributed by atoms with Gasteiger partial charge in [-0.15, -0.1) is 0 Å². The summed E-state index contributed by atoms with van der Waals surface area (Å²) in [5, 5.41) is 4.21. The predicted octanol–water partition coefficient (Wildman–Crippen LogP) is 4.93. The molecule has 0 aliphatic carbocycles. The maximum absolute atomic E-state index is 8.24. The summed E-state index contributed by atoms with van der Waals surface area (Å²) in [7, 11) is -36.8. The first-order valence-electron chi connectivity index (χ1n) is 22.9. The van der Waals surface area contributed by atoms with Gasteiger partial charge in [0.15, 0.2) is 0 Å². The lowest BCUT2D eigenvalue weighted by Gasteiger charge is -2.59. The number of hydrogen-bond donors (Lipinski definition) is 0. The molecule has 70 heavy (non-hydrogen) atoms. The second-order valence-corrected chi connectivity index (χ2v) is 40.8. The fraction of sp³-hybridized carbons (Fsp3) is 0.0400. The maximum Gasteiger partial charge on any atom is 0.588 e. The number of para-hydroxylation sites is 1. The molecule has 4 saturated heterocycles. The first kappa shape index (κ1) is 46.0. The topological polar surface area (TPSA) is 111 Å². The molecule has 4 heterocycles. The third-order valence-corrected chi connectivity index (χ3v) is 46.3. The van der Waals surface area contributed by atoms with Crippen molar-refractivity contribution in [2.24, 2.45) is 0 Å². The highest BCUT2D eigenvalue weighted by molar-refractivity contribution is 7.11. The number of hydrogen-bond acceptors (Lipinski definition) is 12. The SMILES string of the molecule is C[Si]12O[Si](C)(c3ccccc3)O[Si]3(c4ccccc4)O[Si](c4ccccc4)(O1)O[Si]1(c4ccccc4)O[Si](c4ccccc4)(O2)O[Si](Oc2ccccc2)(c2ccccc2)O[Si](c2ccccc2)(O3)O1. The van der Waals surface area contributed by atoms with Crippen molar-refractivity contribution >= 4 is 106 Å². The van der Waals surface area contributed by atoms with Gasteiger partial charge >= 0.3 is 70.2 Å². The van der Waals surface area contributed by atoms with E-state index in [1.807, 2.05) is 256 Å². The van der Waals surface area contributed by atoms with Crippen LogP contribution in [0.3, 0.4) is 0 Å². The molecule has 0 saturated carbocycles. The zero-order chi connectivity index (χ0) is 47.4. The van der Waals surface area contributed by atoms with Crippen LogP contribution in [0.15, 0.2) is 243 Å². The van der Waals surface area contributed by atoms with Crippen molar-refractivity contribution in [2.45, 2.75) is 13.1 Å². The van der Waals surface area contributed by atoms with Crippen molar-refractivity contribution in [1.82, 2.24) is 0 Å². The van der Waals surface area contributed by atoms with Crippen LogP contribution in [0, 0.1) is 0 Å². The van der Waals surface area contributed by atoms with E-state index in [-0.39, 0.29) is 0 Å². The summed E-state index contributed by atoms with van der Waals surface area (Å²) >= 11 is 0. The minimum Gasteiger partial charge on any atom is -0.498 e. The lowest BCUT2D eigenvalue weighted by molar-refractivity contribution is 0.0254. The molecule has 0 aromatic heterocycles. The Bertz CT molecular complexity index is 3090. The van der Waals surface area contributed by atoms with E-state index < -0.39 is 70.2 Å². The highest BCUT2D eigenvalue weighted by Gasteiger charge is 2.82. The molecule has 12 nitrogen and oxygen atoms in total.